The fraction of sp³-hybridized carbons (Fsp3) is 0.286. The Hall–Kier alpha value is -2.85. The van der Waals surface area contributed by atoms with E-state index >= 15 is 0 Å². The molecular weight excluding hydrogens is 248 g/mol. The molecule has 0 spiro atoms. The predicted octanol–water partition coefficient (Wildman–Crippen LogP) is -3.30. The van der Waals surface area contributed by atoms with E-state index in [0.717, 1.165) is 0 Å². The van der Waals surface area contributed by atoms with E-state index in [4.69, 9.17) is 5.73 Å². The van der Waals surface area contributed by atoms with E-state index in [-0.39, 0.29) is 0 Å². The molecule has 18 heavy (non-hydrogen) atoms. The van der Waals surface area contributed by atoms with Gasteiger partial charge in [0.1, 0.15) is 0 Å². The second-order valence-electron chi connectivity index (χ2n) is 3.46. The third-order valence-electron chi connectivity index (χ3n) is 2.27. The Morgan fingerprint density at radius 2 is 1.89 bits per heavy atom. The van der Waals surface area contributed by atoms with Gasteiger partial charge < -0.3 is 21.7 Å². The average molecular weight is 256 g/mol. The molecule has 8 amide bonds. The van der Waals surface area contributed by atoms with Gasteiger partial charge in [0.2, 0.25) is 0 Å². The first-order valence-electron chi connectivity index (χ1n) is 4.71. The van der Waals surface area contributed by atoms with Crippen LogP contribution in [0, 0.1) is 0 Å². The smallest absolute Gasteiger partial charge is 0.328 e. The van der Waals surface area contributed by atoms with E-state index in [1.807, 2.05) is 10.6 Å². The molecule has 2 rings (SSSR count). The molecule has 0 aromatic carbocycles. The van der Waals surface area contributed by atoms with E-state index < -0.39 is 42.2 Å². The highest BCUT2D eigenvalue weighted by Gasteiger charge is 2.48. The maximum Gasteiger partial charge on any atom is 0.328 e. The van der Waals surface area contributed by atoms with Gasteiger partial charge in [-0.15, -0.1) is 0 Å². The van der Waals surface area contributed by atoms with Crippen molar-refractivity contribution in [3.63, 3.8) is 0 Å². The Bertz CT molecular complexity index is 475. The van der Waals surface area contributed by atoms with E-state index in [0.29, 0.717) is 4.90 Å². The normalized spacial score (nSPS) is 26.8. The highest BCUT2D eigenvalue weighted by molar-refractivity contribution is 6.12. The molecule has 2 unspecified atom stereocenters. The standard InChI is InChI=1S/C7H8N6O5/c8-5(16)9-1-4(15)13(7(18)10-1)2-3(14)12-6(17)11-2/h1-2H,(H,10,18)(H3,8,9,16)(H2,11,12,14,17). The Labute approximate surface area is 99.0 Å². The maximum absolute atomic E-state index is 11.7. The molecule has 2 atom stereocenters. The Morgan fingerprint density at radius 1 is 1.22 bits per heavy atom. The molecular formula is C7H8N6O5. The van der Waals surface area contributed by atoms with E-state index in [1.54, 1.807) is 0 Å². The van der Waals surface area contributed by atoms with E-state index in [1.165, 1.54) is 0 Å². The van der Waals surface area contributed by atoms with Crippen molar-refractivity contribution < 1.29 is 24.0 Å². The second-order valence-corrected chi connectivity index (χ2v) is 3.46. The monoisotopic (exact) mass is 256 g/mol. The summed E-state index contributed by atoms with van der Waals surface area (Å²) in [6.45, 7) is 0. The molecule has 0 aliphatic carbocycles. The van der Waals surface area contributed by atoms with Gasteiger partial charge in [-0.05, 0) is 0 Å². The van der Waals surface area contributed by atoms with Gasteiger partial charge in [-0.3, -0.25) is 14.9 Å². The Morgan fingerprint density at radius 3 is 2.39 bits per heavy atom. The molecule has 2 fully saturated rings. The summed E-state index contributed by atoms with van der Waals surface area (Å²) in [5.74, 6) is -1.75. The lowest BCUT2D eigenvalue weighted by molar-refractivity contribution is -0.135. The minimum atomic E-state index is -1.44. The number of amides is 8. The quantitative estimate of drug-likeness (QED) is 0.326. The molecule has 2 aliphatic rings. The van der Waals surface area contributed by atoms with Gasteiger partial charge in [-0.2, -0.15) is 0 Å². The molecule has 11 heteroatoms. The number of nitrogens with zero attached hydrogens (tertiary/aromatic N) is 1. The molecule has 0 radical (unpaired) electrons. The summed E-state index contributed by atoms with van der Waals surface area (Å²) in [6.07, 6.45) is -2.80. The lowest BCUT2D eigenvalue weighted by Crippen LogP contribution is -2.52. The van der Waals surface area contributed by atoms with E-state index in [9.17, 15) is 24.0 Å². The molecule has 11 nitrogen and oxygen atoms in total. The molecule has 0 bridgehead atoms. The highest BCUT2D eigenvalue weighted by Crippen LogP contribution is 2.10. The largest absolute Gasteiger partial charge is 0.352 e. The fourth-order valence-corrected chi connectivity index (χ4v) is 1.57. The van der Waals surface area contributed by atoms with Crippen molar-refractivity contribution in [2.45, 2.75) is 12.3 Å². The van der Waals surface area contributed by atoms with Crippen LogP contribution in [0.1, 0.15) is 0 Å². The summed E-state index contributed by atoms with van der Waals surface area (Å²) in [4.78, 5) is 56.5. The van der Waals surface area contributed by atoms with Gasteiger partial charge in [0.25, 0.3) is 11.8 Å². The summed E-state index contributed by atoms with van der Waals surface area (Å²) in [5, 5.41) is 8.01. The van der Waals surface area contributed by atoms with Crippen LogP contribution >= 0.6 is 0 Å². The third-order valence-corrected chi connectivity index (χ3v) is 2.27. The molecule has 2 heterocycles. The van der Waals surface area contributed by atoms with Gasteiger partial charge in [0.15, 0.2) is 12.3 Å². The van der Waals surface area contributed by atoms with Crippen molar-refractivity contribution in [1.82, 2.24) is 26.2 Å². The van der Waals surface area contributed by atoms with Crippen LogP contribution in [0.5, 0.6) is 0 Å². The number of nitrogens with two attached hydrogens (primary N) is 1. The van der Waals surface area contributed by atoms with Gasteiger partial charge in [-0.1, -0.05) is 0 Å². The number of nitrogens with one attached hydrogen (secondary N) is 4. The minimum absolute atomic E-state index is 0.487. The highest BCUT2D eigenvalue weighted by atomic mass is 16.2. The van der Waals surface area contributed by atoms with Crippen LogP contribution in [0.25, 0.3) is 0 Å². The lowest BCUT2D eigenvalue weighted by atomic mass is 10.4. The number of primary amides is 1. The van der Waals surface area contributed by atoms with Gasteiger partial charge in [0.05, 0.1) is 0 Å². The number of urea groups is 3. The van der Waals surface area contributed by atoms with Crippen LogP contribution in [0.3, 0.4) is 0 Å². The first-order chi connectivity index (χ1) is 8.40. The third kappa shape index (κ3) is 1.77. The Kier molecular flexibility index (Phi) is 2.50. The fourth-order valence-electron chi connectivity index (χ4n) is 1.57. The molecule has 0 aromatic rings. The minimum Gasteiger partial charge on any atom is -0.352 e. The maximum atomic E-state index is 11.7. The number of hydrogen-bond acceptors (Lipinski definition) is 5. The zero-order valence-corrected chi connectivity index (χ0v) is 8.72. The van der Waals surface area contributed by atoms with Crippen LogP contribution < -0.4 is 27.0 Å². The molecule has 2 saturated heterocycles. The second kappa shape index (κ2) is 3.87. The topological polar surface area (TPSA) is 163 Å². The summed E-state index contributed by atoms with van der Waals surface area (Å²) in [6, 6.07) is -2.77. The van der Waals surface area contributed by atoms with Crippen LogP contribution in [0.2, 0.25) is 0 Å². The SMILES string of the molecule is NC(=O)NC1NC(=O)N(C2NC(=O)NC2=O)C1=O. The van der Waals surface area contributed by atoms with Crippen LogP contribution in [0.4, 0.5) is 14.4 Å². The van der Waals surface area contributed by atoms with Gasteiger partial charge in [-0.25, -0.2) is 19.3 Å². The first kappa shape index (κ1) is 11.6. The molecule has 0 saturated carbocycles. The first-order valence-corrected chi connectivity index (χ1v) is 4.71. The van der Waals surface area contributed by atoms with Crippen molar-refractivity contribution in [3.8, 4) is 0 Å². The number of carbonyl (C=O) groups excluding carboxylic acids is 5. The van der Waals surface area contributed by atoms with Crippen molar-refractivity contribution in [2.75, 3.05) is 0 Å². The molecule has 6 N–H and O–H groups in total. The average Bonchev–Trinajstić information content (AvgIpc) is 2.68. The molecule has 2 aliphatic heterocycles. The van der Waals surface area contributed by atoms with Crippen molar-refractivity contribution in [2.24, 2.45) is 5.73 Å². The summed E-state index contributed by atoms with van der Waals surface area (Å²) in [7, 11) is 0. The van der Waals surface area contributed by atoms with Crippen LogP contribution in [-0.2, 0) is 9.59 Å². The summed E-state index contributed by atoms with van der Waals surface area (Å²) in [5.41, 5.74) is 4.81. The van der Waals surface area contributed by atoms with Crippen molar-refractivity contribution >= 4 is 29.9 Å². The number of rotatable bonds is 2. The predicted molar refractivity (Wildman–Crippen MR) is 52.3 cm³/mol. The van der Waals surface area contributed by atoms with E-state index in [2.05, 4.69) is 10.6 Å². The van der Waals surface area contributed by atoms with Crippen molar-refractivity contribution in [3.05, 3.63) is 0 Å². The zero-order chi connectivity index (χ0) is 13.4. The van der Waals surface area contributed by atoms with Gasteiger partial charge >= 0.3 is 18.1 Å². The van der Waals surface area contributed by atoms with Crippen LogP contribution in [-0.4, -0.2) is 47.1 Å². The molecule has 0 aromatic heterocycles. The Balaban J connectivity index is 2.17. The zero-order valence-electron chi connectivity index (χ0n) is 8.72. The summed E-state index contributed by atoms with van der Waals surface area (Å²) < 4.78 is 0. The number of imide groups is 2. The lowest BCUT2D eigenvalue weighted by Gasteiger charge is -2.17. The van der Waals surface area contributed by atoms with Gasteiger partial charge in [0, 0.05) is 0 Å². The van der Waals surface area contributed by atoms with Crippen LogP contribution in [0.15, 0.2) is 0 Å². The number of carbonyl (C=O) groups is 5. The molecule has 96 valence electrons. The summed E-state index contributed by atoms with van der Waals surface area (Å²) >= 11 is 0. The van der Waals surface area contributed by atoms with Crippen molar-refractivity contribution in [1.29, 1.82) is 0 Å². The number of hydrogen-bond donors (Lipinski definition) is 5.